The third-order valence-corrected chi connectivity index (χ3v) is 2.20. The van der Waals surface area contributed by atoms with Crippen LogP contribution < -0.4 is 0 Å². The zero-order valence-electron chi connectivity index (χ0n) is 11.1. The van der Waals surface area contributed by atoms with Crippen LogP contribution in [0.5, 0.6) is 0 Å². The van der Waals surface area contributed by atoms with Gasteiger partial charge in [0.1, 0.15) is 6.10 Å². The number of hydrogen-bond acceptors (Lipinski definition) is 4. The van der Waals surface area contributed by atoms with Crippen LogP contribution in [0.4, 0.5) is 0 Å². The molecule has 0 spiro atoms. The number of carbonyl (C=O) groups is 1. The lowest BCUT2D eigenvalue weighted by Crippen LogP contribution is -2.22. The molecule has 0 amide bonds. The number of ether oxygens (including phenoxy) is 2. The van der Waals surface area contributed by atoms with Gasteiger partial charge in [0.25, 0.3) is 0 Å². The summed E-state index contributed by atoms with van der Waals surface area (Å²) in [7, 11) is 0. The second kappa shape index (κ2) is 9.19. The Balaban J connectivity index is 3.68. The quantitative estimate of drug-likeness (QED) is 0.383. The fourth-order valence-corrected chi connectivity index (χ4v) is 1.30. The summed E-state index contributed by atoms with van der Waals surface area (Å²) in [5.41, 5.74) is 0.373. The Kier molecular flexibility index (Phi) is 8.72. The Bertz CT molecular complexity index is 238. The van der Waals surface area contributed by atoms with Crippen molar-refractivity contribution in [1.29, 1.82) is 0 Å². The van der Waals surface area contributed by atoms with Crippen molar-refractivity contribution in [3.05, 3.63) is 12.2 Å². The minimum absolute atomic E-state index is 0.305. The monoisotopic (exact) mass is 244 g/mol. The number of aliphatic hydroxyl groups is 1. The molecule has 0 aromatic carbocycles. The van der Waals surface area contributed by atoms with Crippen molar-refractivity contribution in [1.82, 2.24) is 0 Å². The predicted molar refractivity (Wildman–Crippen MR) is 66.7 cm³/mol. The van der Waals surface area contributed by atoms with Gasteiger partial charge < -0.3 is 14.6 Å². The molecule has 1 N–H and O–H groups in total. The molecule has 0 saturated carbocycles. The Morgan fingerprint density at radius 2 is 2.06 bits per heavy atom. The Morgan fingerprint density at radius 3 is 2.59 bits per heavy atom. The van der Waals surface area contributed by atoms with Crippen LogP contribution in [0.2, 0.25) is 0 Å². The average Bonchev–Trinajstić information content (AvgIpc) is 2.24. The normalized spacial score (nSPS) is 14.1. The summed E-state index contributed by atoms with van der Waals surface area (Å²) < 4.78 is 10.3. The minimum Gasteiger partial charge on any atom is -0.459 e. The molecule has 0 bridgehead atoms. The molecule has 2 unspecified atom stereocenters. The first kappa shape index (κ1) is 16.1. The van der Waals surface area contributed by atoms with Crippen LogP contribution in [-0.4, -0.2) is 36.5 Å². The molecule has 0 fully saturated rings. The first-order valence-electron chi connectivity index (χ1n) is 6.09. The predicted octanol–water partition coefficient (Wildman–Crippen LogP) is 2.06. The lowest BCUT2D eigenvalue weighted by molar-refractivity contribution is -0.144. The van der Waals surface area contributed by atoms with E-state index in [2.05, 4.69) is 6.58 Å². The molecule has 4 nitrogen and oxygen atoms in total. The molecule has 0 heterocycles. The van der Waals surface area contributed by atoms with E-state index >= 15 is 0 Å². The van der Waals surface area contributed by atoms with Gasteiger partial charge in [0.2, 0.25) is 0 Å². The molecular weight excluding hydrogens is 220 g/mol. The maximum Gasteiger partial charge on any atom is 0.333 e. The molecule has 0 aromatic heterocycles. The zero-order chi connectivity index (χ0) is 13.3. The van der Waals surface area contributed by atoms with Gasteiger partial charge in [0.15, 0.2) is 0 Å². The lowest BCUT2D eigenvalue weighted by atomic mass is 10.1. The molecule has 100 valence electrons. The molecule has 0 saturated heterocycles. The van der Waals surface area contributed by atoms with Gasteiger partial charge in [-0.25, -0.2) is 4.79 Å². The summed E-state index contributed by atoms with van der Waals surface area (Å²) in [6, 6.07) is 0. The number of carbonyl (C=O) groups excluding carboxylic acids is 1. The molecule has 17 heavy (non-hydrogen) atoms. The Morgan fingerprint density at radius 1 is 1.41 bits per heavy atom. The van der Waals surface area contributed by atoms with E-state index in [1.807, 2.05) is 6.92 Å². The third-order valence-electron chi connectivity index (χ3n) is 2.20. The Labute approximate surface area is 104 Å². The molecule has 0 aliphatic rings. The summed E-state index contributed by atoms with van der Waals surface area (Å²) in [5, 5.41) is 9.68. The molecule has 0 aliphatic heterocycles. The van der Waals surface area contributed by atoms with Crippen LogP contribution >= 0.6 is 0 Å². The van der Waals surface area contributed by atoms with Gasteiger partial charge in [-0.15, -0.1) is 0 Å². The Hall–Kier alpha value is -0.870. The van der Waals surface area contributed by atoms with Gasteiger partial charge in [-0.05, 0) is 26.7 Å². The maximum atomic E-state index is 11.2. The molecule has 0 aromatic rings. The molecule has 0 rings (SSSR count). The second-order valence-corrected chi connectivity index (χ2v) is 4.29. The summed E-state index contributed by atoms with van der Waals surface area (Å²) >= 11 is 0. The van der Waals surface area contributed by atoms with E-state index in [9.17, 15) is 9.90 Å². The van der Waals surface area contributed by atoms with Gasteiger partial charge in [-0.2, -0.15) is 0 Å². The van der Waals surface area contributed by atoms with Gasteiger partial charge in [0, 0.05) is 25.2 Å². The highest BCUT2D eigenvalue weighted by atomic mass is 16.5. The van der Waals surface area contributed by atoms with E-state index in [-0.39, 0.29) is 6.10 Å². The number of hydrogen-bond donors (Lipinski definition) is 1. The van der Waals surface area contributed by atoms with Crippen LogP contribution in [0.25, 0.3) is 0 Å². The highest BCUT2D eigenvalue weighted by Crippen LogP contribution is 2.08. The van der Waals surface area contributed by atoms with E-state index in [0.29, 0.717) is 31.6 Å². The van der Waals surface area contributed by atoms with E-state index in [1.54, 1.807) is 13.8 Å². The van der Waals surface area contributed by atoms with Crippen molar-refractivity contribution >= 4 is 5.97 Å². The van der Waals surface area contributed by atoms with Gasteiger partial charge in [0.05, 0.1) is 6.10 Å². The van der Waals surface area contributed by atoms with Crippen LogP contribution in [0.1, 0.15) is 40.0 Å². The number of aliphatic hydroxyl groups excluding tert-OH is 1. The topological polar surface area (TPSA) is 55.8 Å². The second-order valence-electron chi connectivity index (χ2n) is 4.29. The SMILES string of the molecule is C=C(C)C(=O)OC(C)CC(O)CCOCCC. The van der Waals surface area contributed by atoms with E-state index in [4.69, 9.17) is 9.47 Å². The largest absolute Gasteiger partial charge is 0.459 e. The van der Waals surface area contributed by atoms with Crippen molar-refractivity contribution < 1.29 is 19.4 Å². The molecule has 0 radical (unpaired) electrons. The van der Waals surface area contributed by atoms with E-state index < -0.39 is 12.1 Å². The van der Waals surface area contributed by atoms with Crippen molar-refractivity contribution in [2.24, 2.45) is 0 Å². The minimum atomic E-state index is -0.500. The fourth-order valence-electron chi connectivity index (χ4n) is 1.30. The average molecular weight is 244 g/mol. The van der Waals surface area contributed by atoms with Crippen LogP contribution in [0.3, 0.4) is 0 Å². The van der Waals surface area contributed by atoms with Gasteiger partial charge in [-0.1, -0.05) is 13.5 Å². The van der Waals surface area contributed by atoms with E-state index in [1.165, 1.54) is 0 Å². The maximum absolute atomic E-state index is 11.2. The summed E-state index contributed by atoms with van der Waals surface area (Å²) in [6.45, 7) is 10.2. The summed E-state index contributed by atoms with van der Waals surface area (Å²) in [5.74, 6) is -0.410. The summed E-state index contributed by atoms with van der Waals surface area (Å²) in [6.07, 6.45) is 1.16. The van der Waals surface area contributed by atoms with Crippen molar-refractivity contribution in [2.45, 2.75) is 52.2 Å². The van der Waals surface area contributed by atoms with Crippen LogP contribution in [0.15, 0.2) is 12.2 Å². The third kappa shape index (κ3) is 8.89. The van der Waals surface area contributed by atoms with Crippen LogP contribution in [-0.2, 0) is 14.3 Å². The molecule has 2 atom stereocenters. The molecular formula is C13H24O4. The highest BCUT2D eigenvalue weighted by Gasteiger charge is 2.14. The van der Waals surface area contributed by atoms with Crippen LogP contribution in [0, 0.1) is 0 Å². The first-order chi connectivity index (χ1) is 7.97. The molecule has 0 aliphatic carbocycles. The standard InChI is InChI=1S/C13H24O4/c1-5-7-16-8-6-12(14)9-11(4)17-13(15)10(2)3/h11-12,14H,2,5-9H2,1,3-4H3. The highest BCUT2D eigenvalue weighted by molar-refractivity contribution is 5.87. The van der Waals surface area contributed by atoms with Gasteiger partial charge >= 0.3 is 5.97 Å². The van der Waals surface area contributed by atoms with Crippen molar-refractivity contribution in [3.63, 3.8) is 0 Å². The fraction of sp³-hybridized carbons (Fsp3) is 0.769. The molecule has 4 heteroatoms. The summed E-state index contributed by atoms with van der Waals surface area (Å²) in [4.78, 5) is 11.2. The lowest BCUT2D eigenvalue weighted by Gasteiger charge is -2.17. The van der Waals surface area contributed by atoms with Gasteiger partial charge in [-0.3, -0.25) is 0 Å². The zero-order valence-corrected chi connectivity index (χ0v) is 11.1. The van der Waals surface area contributed by atoms with Crippen molar-refractivity contribution in [3.8, 4) is 0 Å². The smallest absolute Gasteiger partial charge is 0.333 e. The van der Waals surface area contributed by atoms with Crippen molar-refractivity contribution in [2.75, 3.05) is 13.2 Å². The number of esters is 1. The van der Waals surface area contributed by atoms with E-state index in [0.717, 1.165) is 6.42 Å². The first-order valence-corrected chi connectivity index (χ1v) is 6.09. The number of rotatable bonds is 9.